The quantitative estimate of drug-likeness (QED) is 0.801. The molecule has 3 rings (SSSR count). The van der Waals surface area contributed by atoms with Crippen molar-refractivity contribution in [3.8, 4) is 6.07 Å². The average molecular weight is 306 g/mol. The van der Waals surface area contributed by atoms with Crippen molar-refractivity contribution in [3.05, 3.63) is 46.9 Å². The van der Waals surface area contributed by atoms with E-state index in [-0.39, 0.29) is 0 Å². The number of fused-ring (bicyclic) bond motifs is 1. The molecule has 0 amide bonds. The van der Waals surface area contributed by atoms with Gasteiger partial charge in [-0.25, -0.2) is 0 Å². The van der Waals surface area contributed by atoms with Gasteiger partial charge in [-0.3, -0.25) is 4.68 Å². The molecule has 0 aliphatic heterocycles. The zero-order valence-electron chi connectivity index (χ0n) is 13.5. The molecular formula is C17H18N6. The summed E-state index contributed by atoms with van der Waals surface area (Å²) < 4.78 is 1.99. The highest BCUT2D eigenvalue weighted by Gasteiger charge is 2.14. The normalized spacial score (nSPS) is 10.7. The highest BCUT2D eigenvalue weighted by molar-refractivity contribution is 5.92. The third-order valence-corrected chi connectivity index (χ3v) is 4.05. The number of nitrogens with zero attached hydrogens (tertiary/aromatic N) is 5. The Morgan fingerprint density at radius 3 is 2.70 bits per heavy atom. The lowest BCUT2D eigenvalue weighted by Crippen LogP contribution is -2.06. The maximum absolute atomic E-state index is 9.32. The molecular weight excluding hydrogens is 288 g/mol. The van der Waals surface area contributed by atoms with Gasteiger partial charge in [-0.2, -0.15) is 10.4 Å². The molecule has 6 nitrogen and oxygen atoms in total. The second-order valence-electron chi connectivity index (χ2n) is 5.37. The zero-order valence-corrected chi connectivity index (χ0v) is 13.5. The van der Waals surface area contributed by atoms with Crippen molar-refractivity contribution in [3.63, 3.8) is 0 Å². The lowest BCUT2D eigenvalue weighted by atomic mass is 10.1. The fourth-order valence-corrected chi connectivity index (χ4v) is 2.79. The Balaban J connectivity index is 1.99. The summed E-state index contributed by atoms with van der Waals surface area (Å²) in [7, 11) is 0. The van der Waals surface area contributed by atoms with E-state index in [1.54, 1.807) is 0 Å². The van der Waals surface area contributed by atoms with E-state index in [0.29, 0.717) is 12.2 Å². The summed E-state index contributed by atoms with van der Waals surface area (Å²) in [6.07, 6.45) is 0. The van der Waals surface area contributed by atoms with Crippen LogP contribution in [0.4, 0.5) is 5.69 Å². The number of nitriles is 1. The molecule has 1 N–H and O–H groups in total. The molecule has 23 heavy (non-hydrogen) atoms. The molecule has 0 aliphatic rings. The van der Waals surface area contributed by atoms with Crippen molar-refractivity contribution < 1.29 is 0 Å². The van der Waals surface area contributed by atoms with E-state index < -0.39 is 0 Å². The number of hydrogen-bond acceptors (Lipinski definition) is 5. The highest BCUT2D eigenvalue weighted by atomic mass is 15.3. The second kappa shape index (κ2) is 6.05. The molecule has 1 aromatic carbocycles. The Kier molecular flexibility index (Phi) is 3.94. The van der Waals surface area contributed by atoms with Gasteiger partial charge in [0.1, 0.15) is 6.07 Å². The van der Waals surface area contributed by atoms with Gasteiger partial charge in [-0.1, -0.05) is 18.2 Å². The predicted molar refractivity (Wildman–Crippen MR) is 89.0 cm³/mol. The fraction of sp³-hybridized carbons (Fsp3) is 0.294. The standard InChI is InChI=1S/C17H18N6/c1-4-23-12(3)14(11(2)22-23)10-19-17-13-7-5-6-8-15(13)20-21-16(17)9-18/h5-8H,4,10H2,1-3H3,(H,19,20). The minimum absolute atomic E-state index is 0.307. The summed E-state index contributed by atoms with van der Waals surface area (Å²) in [5.74, 6) is 0. The lowest BCUT2D eigenvalue weighted by Gasteiger charge is -2.11. The van der Waals surface area contributed by atoms with Gasteiger partial charge in [0, 0.05) is 29.7 Å². The van der Waals surface area contributed by atoms with Gasteiger partial charge in [0.05, 0.1) is 16.9 Å². The van der Waals surface area contributed by atoms with Crippen molar-refractivity contribution in [1.29, 1.82) is 5.26 Å². The molecule has 0 bridgehead atoms. The Morgan fingerprint density at radius 1 is 1.22 bits per heavy atom. The first-order valence-corrected chi connectivity index (χ1v) is 7.58. The summed E-state index contributed by atoms with van der Waals surface area (Å²) in [4.78, 5) is 0. The monoisotopic (exact) mass is 306 g/mol. The summed E-state index contributed by atoms with van der Waals surface area (Å²) in [5.41, 5.74) is 5.09. The van der Waals surface area contributed by atoms with Gasteiger partial charge in [-0.05, 0) is 26.8 Å². The number of benzene rings is 1. The van der Waals surface area contributed by atoms with Crippen LogP contribution in [0.1, 0.15) is 29.6 Å². The Labute approximate surface area is 134 Å². The molecule has 0 radical (unpaired) electrons. The third kappa shape index (κ3) is 2.61. The van der Waals surface area contributed by atoms with Crippen LogP contribution in [0.5, 0.6) is 0 Å². The number of aromatic nitrogens is 4. The average Bonchev–Trinajstić information content (AvgIpc) is 2.86. The van der Waals surface area contributed by atoms with E-state index in [2.05, 4.69) is 40.5 Å². The topological polar surface area (TPSA) is 79.4 Å². The molecule has 0 saturated carbocycles. The lowest BCUT2D eigenvalue weighted by molar-refractivity contribution is 0.633. The number of anilines is 1. The van der Waals surface area contributed by atoms with Gasteiger partial charge < -0.3 is 5.32 Å². The van der Waals surface area contributed by atoms with E-state index in [4.69, 9.17) is 0 Å². The van der Waals surface area contributed by atoms with Crippen LogP contribution in [0.15, 0.2) is 24.3 Å². The first-order valence-electron chi connectivity index (χ1n) is 7.58. The third-order valence-electron chi connectivity index (χ3n) is 4.05. The maximum atomic E-state index is 9.32. The van der Waals surface area contributed by atoms with Gasteiger partial charge >= 0.3 is 0 Å². The predicted octanol–water partition coefficient (Wildman–Crippen LogP) is 2.95. The number of hydrogen-bond donors (Lipinski definition) is 1. The Morgan fingerprint density at radius 2 is 2.00 bits per heavy atom. The molecule has 0 spiro atoms. The molecule has 0 aliphatic carbocycles. The number of nitrogens with one attached hydrogen (secondary N) is 1. The summed E-state index contributed by atoms with van der Waals surface area (Å²) in [5, 5.41) is 26.2. The van der Waals surface area contributed by atoms with E-state index in [1.165, 1.54) is 0 Å². The van der Waals surface area contributed by atoms with Crippen LogP contribution < -0.4 is 5.32 Å². The Hall–Kier alpha value is -2.94. The van der Waals surface area contributed by atoms with E-state index in [9.17, 15) is 5.26 Å². The molecule has 0 saturated heterocycles. The molecule has 0 fully saturated rings. The minimum atomic E-state index is 0.307. The highest BCUT2D eigenvalue weighted by Crippen LogP contribution is 2.25. The SMILES string of the molecule is CCn1nc(C)c(CNc2c(C#N)nnc3ccccc23)c1C. The van der Waals surface area contributed by atoms with Gasteiger partial charge in [0.15, 0.2) is 5.69 Å². The van der Waals surface area contributed by atoms with E-state index in [1.807, 2.05) is 35.9 Å². The summed E-state index contributed by atoms with van der Waals surface area (Å²) in [6.45, 7) is 7.58. The molecule has 116 valence electrons. The molecule has 0 atom stereocenters. The van der Waals surface area contributed by atoms with Crippen molar-refractivity contribution in [1.82, 2.24) is 20.0 Å². The molecule has 2 aromatic heterocycles. The van der Waals surface area contributed by atoms with Crippen LogP contribution in [0.3, 0.4) is 0 Å². The van der Waals surface area contributed by atoms with E-state index in [0.717, 1.165) is 40.1 Å². The van der Waals surface area contributed by atoms with Crippen LogP contribution in [-0.2, 0) is 13.1 Å². The number of rotatable bonds is 4. The van der Waals surface area contributed by atoms with Gasteiger partial charge in [-0.15, -0.1) is 10.2 Å². The second-order valence-corrected chi connectivity index (χ2v) is 5.37. The van der Waals surface area contributed by atoms with E-state index >= 15 is 0 Å². The van der Waals surface area contributed by atoms with Crippen LogP contribution in [0, 0.1) is 25.2 Å². The van der Waals surface area contributed by atoms with Crippen LogP contribution in [-0.4, -0.2) is 20.0 Å². The zero-order chi connectivity index (χ0) is 16.4. The Bertz CT molecular complexity index is 903. The number of aryl methyl sites for hydroxylation is 2. The summed E-state index contributed by atoms with van der Waals surface area (Å²) >= 11 is 0. The summed E-state index contributed by atoms with van der Waals surface area (Å²) in [6, 6.07) is 9.79. The minimum Gasteiger partial charge on any atom is -0.378 e. The van der Waals surface area contributed by atoms with Crippen LogP contribution >= 0.6 is 0 Å². The molecule has 3 aromatic rings. The van der Waals surface area contributed by atoms with Crippen molar-refractivity contribution in [2.75, 3.05) is 5.32 Å². The maximum Gasteiger partial charge on any atom is 0.186 e. The van der Waals surface area contributed by atoms with Crippen molar-refractivity contribution in [2.24, 2.45) is 0 Å². The van der Waals surface area contributed by atoms with Gasteiger partial charge in [0.2, 0.25) is 0 Å². The molecule has 0 unspecified atom stereocenters. The smallest absolute Gasteiger partial charge is 0.186 e. The van der Waals surface area contributed by atoms with Gasteiger partial charge in [0.25, 0.3) is 0 Å². The largest absolute Gasteiger partial charge is 0.378 e. The van der Waals surface area contributed by atoms with Crippen molar-refractivity contribution >= 4 is 16.6 Å². The van der Waals surface area contributed by atoms with Crippen molar-refractivity contribution in [2.45, 2.75) is 33.9 Å². The molecule has 6 heteroatoms. The van der Waals surface area contributed by atoms with Crippen LogP contribution in [0.25, 0.3) is 10.9 Å². The first-order chi connectivity index (χ1) is 11.2. The first kappa shape index (κ1) is 15.0. The van der Waals surface area contributed by atoms with Crippen LogP contribution in [0.2, 0.25) is 0 Å². The molecule has 2 heterocycles. The fourth-order valence-electron chi connectivity index (χ4n) is 2.79.